The van der Waals surface area contributed by atoms with Crippen molar-refractivity contribution in [2.75, 3.05) is 12.4 Å². The monoisotopic (exact) mass is 421 g/mol. The first-order chi connectivity index (χ1) is 9.56. The second-order valence-electron chi connectivity index (χ2n) is 5.33. The summed E-state index contributed by atoms with van der Waals surface area (Å²) >= 11 is 6.67. The third kappa shape index (κ3) is 4.71. The number of anilines is 1. The van der Waals surface area contributed by atoms with Crippen LogP contribution in [0.2, 0.25) is 0 Å². The van der Waals surface area contributed by atoms with Crippen LogP contribution in [0, 0.1) is 6.92 Å². The smallest absolute Gasteiger partial charge is 0.412 e. The van der Waals surface area contributed by atoms with Crippen LogP contribution in [0.1, 0.15) is 36.7 Å². The molecule has 0 aliphatic carbocycles. The summed E-state index contributed by atoms with van der Waals surface area (Å²) in [5.41, 5.74) is 0.791. The molecule has 0 saturated heterocycles. The van der Waals surface area contributed by atoms with Crippen LogP contribution in [0.25, 0.3) is 0 Å². The zero-order valence-corrected chi connectivity index (χ0v) is 15.6. The van der Waals surface area contributed by atoms with E-state index < -0.39 is 17.7 Å². The second kappa shape index (κ2) is 6.79. The fraction of sp³-hybridized carbons (Fsp3) is 0.429. The highest BCUT2D eigenvalue weighted by Gasteiger charge is 2.22. The third-order valence-corrected chi connectivity index (χ3v) is 3.75. The summed E-state index contributed by atoms with van der Waals surface area (Å²) in [6.07, 6.45) is -0.593. The Kier molecular flexibility index (Phi) is 5.81. The largest absolute Gasteiger partial charge is 0.465 e. The van der Waals surface area contributed by atoms with E-state index in [0.29, 0.717) is 25.8 Å². The number of hydrogen-bond donors (Lipinski definition) is 1. The van der Waals surface area contributed by atoms with Gasteiger partial charge in [0.25, 0.3) is 0 Å². The number of carbonyl (C=O) groups excluding carboxylic acids is 2. The topological polar surface area (TPSA) is 64.6 Å². The van der Waals surface area contributed by atoms with Crippen molar-refractivity contribution in [2.45, 2.75) is 33.3 Å². The molecule has 0 unspecified atom stereocenters. The fourth-order valence-electron chi connectivity index (χ4n) is 1.65. The molecule has 7 heteroatoms. The number of ether oxygens (including phenoxy) is 2. The van der Waals surface area contributed by atoms with Gasteiger partial charge < -0.3 is 9.47 Å². The number of hydrogen-bond acceptors (Lipinski definition) is 4. The Morgan fingerprint density at radius 1 is 1.19 bits per heavy atom. The lowest BCUT2D eigenvalue weighted by atomic mass is 10.1. The number of amides is 1. The van der Waals surface area contributed by atoms with Gasteiger partial charge in [-0.05, 0) is 71.2 Å². The van der Waals surface area contributed by atoms with Crippen LogP contribution in [0.5, 0.6) is 0 Å². The molecule has 21 heavy (non-hydrogen) atoms. The Labute approximate surface area is 140 Å². The minimum Gasteiger partial charge on any atom is -0.465 e. The summed E-state index contributed by atoms with van der Waals surface area (Å²) in [4.78, 5) is 23.7. The normalized spacial score (nSPS) is 11.0. The van der Waals surface area contributed by atoms with Crippen molar-refractivity contribution in [3.8, 4) is 0 Å². The molecule has 5 nitrogen and oxygen atoms in total. The highest BCUT2D eigenvalue weighted by molar-refractivity contribution is 9.11. The summed E-state index contributed by atoms with van der Waals surface area (Å²) in [6.45, 7) is 7.04. The lowest BCUT2D eigenvalue weighted by Gasteiger charge is -2.21. The van der Waals surface area contributed by atoms with Gasteiger partial charge in [-0.3, -0.25) is 5.32 Å². The van der Waals surface area contributed by atoms with Crippen molar-refractivity contribution in [3.05, 3.63) is 26.1 Å². The molecule has 0 saturated carbocycles. The van der Waals surface area contributed by atoms with E-state index >= 15 is 0 Å². The minimum atomic E-state index is -0.606. The molecule has 0 spiro atoms. The van der Waals surface area contributed by atoms with Crippen LogP contribution in [-0.4, -0.2) is 24.8 Å². The van der Waals surface area contributed by atoms with E-state index in [-0.39, 0.29) is 0 Å². The maximum atomic E-state index is 11.9. The quantitative estimate of drug-likeness (QED) is 0.704. The van der Waals surface area contributed by atoms with E-state index in [2.05, 4.69) is 37.2 Å². The van der Waals surface area contributed by atoms with E-state index in [0.717, 1.165) is 0 Å². The van der Waals surface area contributed by atoms with Gasteiger partial charge in [0.15, 0.2) is 0 Å². The Hall–Kier alpha value is -1.08. The van der Waals surface area contributed by atoms with E-state index in [1.54, 1.807) is 33.8 Å². The predicted molar refractivity (Wildman–Crippen MR) is 87.8 cm³/mol. The predicted octanol–water partition coefficient (Wildman–Crippen LogP) is 4.65. The molecule has 0 radical (unpaired) electrons. The summed E-state index contributed by atoms with van der Waals surface area (Å²) in [7, 11) is 1.30. The highest BCUT2D eigenvalue weighted by atomic mass is 79.9. The van der Waals surface area contributed by atoms with Crippen LogP contribution >= 0.6 is 31.9 Å². The van der Waals surface area contributed by atoms with E-state index in [1.807, 2.05) is 0 Å². The molecule has 0 fully saturated rings. The number of methoxy groups -OCH3 is 1. The van der Waals surface area contributed by atoms with Crippen molar-refractivity contribution in [2.24, 2.45) is 0 Å². The first-order valence-electron chi connectivity index (χ1n) is 6.13. The second-order valence-corrected chi connectivity index (χ2v) is 7.04. The Bertz CT molecular complexity index is 579. The summed E-state index contributed by atoms with van der Waals surface area (Å²) < 4.78 is 11.2. The van der Waals surface area contributed by atoms with Gasteiger partial charge >= 0.3 is 12.1 Å². The lowest BCUT2D eigenvalue weighted by molar-refractivity contribution is 0.0594. The lowest BCUT2D eigenvalue weighted by Crippen LogP contribution is -2.27. The van der Waals surface area contributed by atoms with Crippen molar-refractivity contribution in [1.29, 1.82) is 0 Å². The van der Waals surface area contributed by atoms with E-state index in [9.17, 15) is 9.59 Å². The van der Waals surface area contributed by atoms with Crippen molar-refractivity contribution in [1.82, 2.24) is 0 Å². The Morgan fingerprint density at radius 3 is 2.24 bits per heavy atom. The molecule has 0 bridgehead atoms. The van der Waals surface area contributed by atoms with Gasteiger partial charge in [-0.1, -0.05) is 0 Å². The first-order valence-corrected chi connectivity index (χ1v) is 7.72. The van der Waals surface area contributed by atoms with Crippen LogP contribution in [0.3, 0.4) is 0 Å². The van der Waals surface area contributed by atoms with Crippen molar-refractivity contribution >= 4 is 49.6 Å². The van der Waals surface area contributed by atoms with Gasteiger partial charge in [0.1, 0.15) is 5.60 Å². The SMILES string of the molecule is COC(=O)c1c(Br)cc(Br)c(NC(=O)OC(C)(C)C)c1C. The number of benzene rings is 1. The standard InChI is InChI=1S/C14H17Br2NO4/c1-7-10(12(18)20-5)8(15)6-9(16)11(7)17-13(19)21-14(2,3)4/h6H,1-5H3,(H,17,19). The number of halogens is 2. The van der Waals surface area contributed by atoms with Crippen LogP contribution in [0.15, 0.2) is 15.0 Å². The number of rotatable bonds is 2. The molecule has 0 aliphatic heterocycles. The van der Waals surface area contributed by atoms with Gasteiger partial charge in [-0.2, -0.15) is 0 Å². The number of carbonyl (C=O) groups is 2. The fourth-order valence-corrected chi connectivity index (χ4v) is 3.27. The molecule has 116 valence electrons. The van der Waals surface area contributed by atoms with Gasteiger partial charge in [-0.15, -0.1) is 0 Å². The molecule has 0 heterocycles. The highest BCUT2D eigenvalue weighted by Crippen LogP contribution is 2.35. The molecule has 1 amide bonds. The average molecular weight is 423 g/mol. The molecule has 0 aliphatic rings. The maximum absolute atomic E-state index is 11.9. The Morgan fingerprint density at radius 2 is 1.76 bits per heavy atom. The summed E-state index contributed by atoms with van der Waals surface area (Å²) in [6, 6.07) is 1.67. The minimum absolute atomic E-state index is 0.353. The maximum Gasteiger partial charge on any atom is 0.412 e. The summed E-state index contributed by atoms with van der Waals surface area (Å²) in [5.74, 6) is -0.487. The number of nitrogens with one attached hydrogen (secondary N) is 1. The van der Waals surface area contributed by atoms with Crippen LogP contribution in [0.4, 0.5) is 10.5 Å². The zero-order valence-electron chi connectivity index (χ0n) is 12.5. The number of esters is 1. The molecular weight excluding hydrogens is 406 g/mol. The molecule has 0 aromatic heterocycles. The van der Waals surface area contributed by atoms with Crippen molar-refractivity contribution in [3.63, 3.8) is 0 Å². The first kappa shape index (κ1) is 18.0. The van der Waals surface area contributed by atoms with E-state index in [1.165, 1.54) is 7.11 Å². The van der Waals surface area contributed by atoms with Crippen LogP contribution < -0.4 is 5.32 Å². The van der Waals surface area contributed by atoms with Gasteiger partial charge in [-0.25, -0.2) is 9.59 Å². The molecule has 1 N–H and O–H groups in total. The van der Waals surface area contributed by atoms with Crippen molar-refractivity contribution < 1.29 is 19.1 Å². The van der Waals surface area contributed by atoms with E-state index in [4.69, 9.17) is 9.47 Å². The third-order valence-electron chi connectivity index (χ3n) is 2.50. The van der Waals surface area contributed by atoms with Crippen LogP contribution in [-0.2, 0) is 9.47 Å². The average Bonchev–Trinajstić information content (AvgIpc) is 2.31. The molecule has 1 rings (SSSR count). The Balaban J connectivity index is 3.19. The zero-order chi connectivity index (χ0) is 16.4. The molecule has 0 atom stereocenters. The molecule has 1 aromatic carbocycles. The van der Waals surface area contributed by atoms with Gasteiger partial charge in [0, 0.05) is 8.95 Å². The van der Waals surface area contributed by atoms with Gasteiger partial charge in [0.2, 0.25) is 0 Å². The molecular formula is C14H17Br2NO4. The van der Waals surface area contributed by atoms with Gasteiger partial charge in [0.05, 0.1) is 18.4 Å². The summed E-state index contributed by atoms with van der Waals surface area (Å²) in [5, 5.41) is 2.64. The molecule has 1 aromatic rings.